The highest BCUT2D eigenvalue weighted by molar-refractivity contribution is 9.10. The number of benzene rings is 1. The molecule has 1 N–H and O–H groups in total. The summed E-state index contributed by atoms with van der Waals surface area (Å²) >= 11 is 3.49. The highest BCUT2D eigenvalue weighted by Crippen LogP contribution is 2.26. The van der Waals surface area contributed by atoms with Gasteiger partial charge in [-0.3, -0.25) is 0 Å². The van der Waals surface area contributed by atoms with Gasteiger partial charge in [-0.15, -0.1) is 5.10 Å². The van der Waals surface area contributed by atoms with Crippen molar-refractivity contribution in [3.63, 3.8) is 0 Å². The van der Waals surface area contributed by atoms with E-state index in [0.717, 1.165) is 21.7 Å². The Hall–Kier alpha value is -1.47. The number of nitrogens with one attached hydrogen (secondary N) is 1. The van der Waals surface area contributed by atoms with Gasteiger partial charge in [-0.1, -0.05) is 0 Å². The predicted octanol–water partition coefficient (Wildman–Crippen LogP) is 1.71. The van der Waals surface area contributed by atoms with Crippen molar-refractivity contribution in [3.8, 4) is 11.4 Å². The van der Waals surface area contributed by atoms with Crippen LogP contribution in [0.25, 0.3) is 5.69 Å². The van der Waals surface area contributed by atoms with E-state index in [1.807, 2.05) is 32.2 Å². The van der Waals surface area contributed by atoms with E-state index < -0.39 is 0 Å². The first-order valence-corrected chi connectivity index (χ1v) is 6.26. The number of nitrogens with zero attached hydrogens (tertiary/aromatic N) is 4. The van der Waals surface area contributed by atoms with Crippen LogP contribution in [0.2, 0.25) is 0 Å². The van der Waals surface area contributed by atoms with Crippen molar-refractivity contribution in [1.29, 1.82) is 0 Å². The number of ether oxygens (including phenoxy) is 1. The Labute approximate surface area is 113 Å². The number of tetrazole rings is 1. The topological polar surface area (TPSA) is 64.9 Å². The molecule has 0 radical (unpaired) electrons. The second kappa shape index (κ2) is 5.45. The monoisotopic (exact) mass is 311 g/mol. The van der Waals surface area contributed by atoms with Crippen LogP contribution in [-0.4, -0.2) is 34.4 Å². The van der Waals surface area contributed by atoms with Crippen molar-refractivity contribution in [2.24, 2.45) is 0 Å². The third kappa shape index (κ3) is 2.37. The number of aromatic nitrogens is 4. The molecule has 0 fully saturated rings. The Morgan fingerprint density at radius 1 is 1.44 bits per heavy atom. The largest absolute Gasteiger partial charge is 0.497 e. The summed E-state index contributed by atoms with van der Waals surface area (Å²) < 4.78 is 7.81. The highest BCUT2D eigenvalue weighted by atomic mass is 79.9. The molecule has 0 spiro atoms. The quantitative estimate of drug-likeness (QED) is 0.931. The van der Waals surface area contributed by atoms with E-state index in [2.05, 4.69) is 36.8 Å². The van der Waals surface area contributed by atoms with E-state index in [1.54, 1.807) is 11.8 Å². The first-order chi connectivity index (χ1) is 8.67. The molecule has 96 valence electrons. The van der Waals surface area contributed by atoms with Crippen molar-refractivity contribution in [2.75, 3.05) is 14.2 Å². The molecule has 0 saturated carbocycles. The fourth-order valence-electron chi connectivity index (χ4n) is 1.55. The third-order valence-corrected chi connectivity index (χ3v) is 3.37. The van der Waals surface area contributed by atoms with Crippen LogP contribution in [0, 0.1) is 0 Å². The van der Waals surface area contributed by atoms with Gasteiger partial charge in [-0.25, -0.2) is 0 Å². The lowest BCUT2D eigenvalue weighted by Crippen LogP contribution is -2.18. The van der Waals surface area contributed by atoms with Crippen molar-refractivity contribution < 1.29 is 4.74 Å². The summed E-state index contributed by atoms with van der Waals surface area (Å²) in [5, 5.41) is 14.9. The van der Waals surface area contributed by atoms with Gasteiger partial charge in [-0.05, 0) is 52.5 Å². The average molecular weight is 312 g/mol. The molecule has 7 heteroatoms. The van der Waals surface area contributed by atoms with E-state index in [4.69, 9.17) is 4.74 Å². The SMILES string of the molecule is CNC(C)c1nnnn1-c1cc(OC)ccc1Br. The molecular formula is C11H14BrN5O. The molecule has 2 rings (SSSR count). The molecule has 18 heavy (non-hydrogen) atoms. The smallest absolute Gasteiger partial charge is 0.173 e. The summed E-state index contributed by atoms with van der Waals surface area (Å²) in [4.78, 5) is 0. The number of methoxy groups -OCH3 is 1. The fraction of sp³-hybridized carbons (Fsp3) is 0.364. The highest BCUT2D eigenvalue weighted by Gasteiger charge is 2.16. The van der Waals surface area contributed by atoms with Gasteiger partial charge < -0.3 is 10.1 Å². The maximum atomic E-state index is 5.22. The molecule has 1 aromatic heterocycles. The molecule has 0 amide bonds. The van der Waals surface area contributed by atoms with Gasteiger partial charge in [0.2, 0.25) is 0 Å². The molecule has 2 aromatic rings. The zero-order valence-electron chi connectivity index (χ0n) is 10.4. The molecule has 0 saturated heterocycles. The normalized spacial score (nSPS) is 12.4. The van der Waals surface area contributed by atoms with Gasteiger partial charge in [0.15, 0.2) is 5.82 Å². The maximum absolute atomic E-state index is 5.22. The van der Waals surface area contributed by atoms with Crippen molar-refractivity contribution in [2.45, 2.75) is 13.0 Å². The van der Waals surface area contributed by atoms with Crippen LogP contribution in [0.4, 0.5) is 0 Å². The number of halogens is 1. The summed E-state index contributed by atoms with van der Waals surface area (Å²) in [6.07, 6.45) is 0. The van der Waals surface area contributed by atoms with Crippen LogP contribution in [0.15, 0.2) is 22.7 Å². The van der Waals surface area contributed by atoms with E-state index in [0.29, 0.717) is 0 Å². The zero-order valence-corrected chi connectivity index (χ0v) is 12.0. The van der Waals surface area contributed by atoms with Gasteiger partial charge in [0.05, 0.1) is 18.8 Å². The van der Waals surface area contributed by atoms with Crippen LogP contribution >= 0.6 is 15.9 Å². The number of hydrogen-bond acceptors (Lipinski definition) is 5. The molecule has 6 nitrogen and oxygen atoms in total. The molecular weight excluding hydrogens is 298 g/mol. The average Bonchev–Trinajstić information content (AvgIpc) is 2.87. The third-order valence-electron chi connectivity index (χ3n) is 2.70. The minimum atomic E-state index is 0.0538. The molecule has 0 aliphatic heterocycles. The summed E-state index contributed by atoms with van der Waals surface area (Å²) in [6.45, 7) is 2.00. The fourth-order valence-corrected chi connectivity index (χ4v) is 1.96. The Morgan fingerprint density at radius 3 is 2.89 bits per heavy atom. The van der Waals surface area contributed by atoms with E-state index in [9.17, 15) is 0 Å². The Balaban J connectivity index is 2.51. The van der Waals surface area contributed by atoms with E-state index >= 15 is 0 Å². The van der Waals surface area contributed by atoms with Gasteiger partial charge >= 0.3 is 0 Å². The Bertz CT molecular complexity index is 542. The van der Waals surface area contributed by atoms with Crippen LogP contribution in [0.5, 0.6) is 5.75 Å². The van der Waals surface area contributed by atoms with Crippen LogP contribution in [0.3, 0.4) is 0 Å². The maximum Gasteiger partial charge on any atom is 0.173 e. The van der Waals surface area contributed by atoms with Gasteiger partial charge in [0.25, 0.3) is 0 Å². The van der Waals surface area contributed by atoms with Crippen LogP contribution in [-0.2, 0) is 0 Å². The van der Waals surface area contributed by atoms with Crippen LogP contribution < -0.4 is 10.1 Å². The summed E-state index contributed by atoms with van der Waals surface area (Å²) in [6, 6.07) is 5.72. The molecule has 1 atom stereocenters. The molecule has 1 aromatic carbocycles. The molecule has 1 unspecified atom stereocenters. The van der Waals surface area contributed by atoms with Crippen LogP contribution in [0.1, 0.15) is 18.8 Å². The van der Waals surface area contributed by atoms with Crippen molar-refractivity contribution in [1.82, 2.24) is 25.5 Å². The molecule has 0 aliphatic rings. The molecule has 0 bridgehead atoms. The second-order valence-corrected chi connectivity index (χ2v) is 4.63. The molecule has 0 aliphatic carbocycles. The van der Waals surface area contributed by atoms with Gasteiger partial charge in [0, 0.05) is 10.5 Å². The Kier molecular flexibility index (Phi) is 3.93. The first kappa shape index (κ1) is 13.0. The second-order valence-electron chi connectivity index (χ2n) is 3.78. The first-order valence-electron chi connectivity index (χ1n) is 5.46. The summed E-state index contributed by atoms with van der Waals surface area (Å²) in [5.41, 5.74) is 0.844. The predicted molar refractivity (Wildman–Crippen MR) is 70.9 cm³/mol. The number of hydrogen-bond donors (Lipinski definition) is 1. The summed E-state index contributed by atoms with van der Waals surface area (Å²) in [7, 11) is 3.49. The minimum Gasteiger partial charge on any atom is -0.497 e. The lowest BCUT2D eigenvalue weighted by Gasteiger charge is -2.12. The Morgan fingerprint density at radius 2 is 2.22 bits per heavy atom. The van der Waals surface area contributed by atoms with Gasteiger partial charge in [-0.2, -0.15) is 4.68 Å². The van der Waals surface area contributed by atoms with E-state index in [-0.39, 0.29) is 6.04 Å². The lowest BCUT2D eigenvalue weighted by molar-refractivity contribution is 0.414. The zero-order chi connectivity index (χ0) is 13.1. The van der Waals surface area contributed by atoms with E-state index in [1.165, 1.54) is 0 Å². The minimum absolute atomic E-state index is 0.0538. The lowest BCUT2D eigenvalue weighted by atomic mass is 10.2. The van der Waals surface area contributed by atoms with Crippen molar-refractivity contribution >= 4 is 15.9 Å². The van der Waals surface area contributed by atoms with Crippen molar-refractivity contribution in [3.05, 3.63) is 28.5 Å². The standard InChI is InChI=1S/C11H14BrN5O/c1-7(13-2)11-14-15-16-17(11)10-6-8(18-3)4-5-9(10)12/h4-7,13H,1-3H3. The molecule has 1 heterocycles. The summed E-state index contributed by atoms with van der Waals surface area (Å²) in [5.74, 6) is 1.50. The van der Waals surface area contributed by atoms with Gasteiger partial charge in [0.1, 0.15) is 5.75 Å². The number of rotatable bonds is 4.